The Morgan fingerprint density at radius 2 is 2.12 bits per heavy atom. The first kappa shape index (κ1) is 14.5. The maximum Gasteiger partial charge on any atom is 0.108 e. The van der Waals surface area contributed by atoms with Gasteiger partial charge in [-0.1, -0.05) is 19.8 Å². The van der Waals surface area contributed by atoms with Crippen LogP contribution in [0.1, 0.15) is 52.9 Å². The molecule has 1 aliphatic rings. The zero-order chi connectivity index (χ0) is 12.7. The Balaban J connectivity index is 2.52. The molecular weight excluding hydrogens is 210 g/mol. The Kier molecular flexibility index (Phi) is 6.54. The highest BCUT2D eigenvalue weighted by atomic mass is 15.2. The van der Waals surface area contributed by atoms with E-state index < -0.39 is 0 Å². The maximum absolute atomic E-state index is 9.20. The first-order valence-corrected chi connectivity index (χ1v) is 7.07. The predicted octanol–water partition coefficient (Wildman–Crippen LogP) is 2.53. The molecular formula is C14H27N3. The minimum absolute atomic E-state index is 0.0258. The Labute approximate surface area is 106 Å². The largest absolute Gasteiger partial charge is 0.299 e. The molecule has 1 aliphatic heterocycles. The van der Waals surface area contributed by atoms with Gasteiger partial charge >= 0.3 is 0 Å². The van der Waals surface area contributed by atoms with Crippen LogP contribution in [0.25, 0.3) is 0 Å². The van der Waals surface area contributed by atoms with Crippen molar-refractivity contribution in [2.24, 2.45) is 0 Å². The Hall–Kier alpha value is -0.590. The molecule has 0 aromatic carbocycles. The molecule has 2 unspecified atom stereocenters. The number of hydrogen-bond donors (Lipinski definition) is 1. The SMILES string of the molecule is CCC1CCCCCN1CC(C#N)NC(C)C. The summed E-state index contributed by atoms with van der Waals surface area (Å²) in [5.41, 5.74) is 0. The first-order chi connectivity index (χ1) is 8.17. The number of nitrogens with one attached hydrogen (secondary N) is 1. The summed E-state index contributed by atoms with van der Waals surface area (Å²) in [6.45, 7) is 8.51. The van der Waals surface area contributed by atoms with Gasteiger partial charge < -0.3 is 0 Å². The van der Waals surface area contributed by atoms with Crippen LogP contribution in [0, 0.1) is 11.3 Å². The van der Waals surface area contributed by atoms with Crippen molar-refractivity contribution in [3.8, 4) is 6.07 Å². The molecule has 0 aromatic rings. The standard InChI is InChI=1S/C14H27N3/c1-4-14-8-6-5-7-9-17(14)11-13(10-15)16-12(2)3/h12-14,16H,4-9,11H2,1-3H3. The lowest BCUT2D eigenvalue weighted by molar-refractivity contribution is 0.182. The van der Waals surface area contributed by atoms with Gasteiger partial charge in [-0.25, -0.2) is 0 Å². The molecule has 3 nitrogen and oxygen atoms in total. The van der Waals surface area contributed by atoms with E-state index in [-0.39, 0.29) is 6.04 Å². The number of rotatable bonds is 5. The molecule has 2 atom stereocenters. The zero-order valence-corrected chi connectivity index (χ0v) is 11.6. The number of nitriles is 1. The van der Waals surface area contributed by atoms with Gasteiger partial charge in [0.2, 0.25) is 0 Å². The van der Waals surface area contributed by atoms with Crippen LogP contribution in [0.2, 0.25) is 0 Å². The molecule has 0 radical (unpaired) electrons. The van der Waals surface area contributed by atoms with Crippen LogP contribution >= 0.6 is 0 Å². The van der Waals surface area contributed by atoms with Crippen LogP contribution in [0.4, 0.5) is 0 Å². The highest BCUT2D eigenvalue weighted by Gasteiger charge is 2.22. The number of nitrogens with zero attached hydrogens (tertiary/aromatic N) is 2. The summed E-state index contributed by atoms with van der Waals surface area (Å²) < 4.78 is 0. The van der Waals surface area contributed by atoms with Gasteiger partial charge in [-0.2, -0.15) is 5.26 Å². The van der Waals surface area contributed by atoms with Crippen molar-refractivity contribution in [2.45, 2.75) is 71.0 Å². The molecule has 1 heterocycles. The lowest BCUT2D eigenvalue weighted by atomic mass is 10.1. The minimum Gasteiger partial charge on any atom is -0.299 e. The van der Waals surface area contributed by atoms with Gasteiger partial charge in [-0.3, -0.25) is 10.2 Å². The zero-order valence-electron chi connectivity index (χ0n) is 11.6. The summed E-state index contributed by atoms with van der Waals surface area (Å²) in [4.78, 5) is 2.52. The molecule has 3 heteroatoms. The average Bonchev–Trinajstić information content (AvgIpc) is 2.52. The van der Waals surface area contributed by atoms with Gasteiger partial charge in [0.25, 0.3) is 0 Å². The van der Waals surface area contributed by atoms with Crippen LogP contribution in [0.15, 0.2) is 0 Å². The van der Waals surface area contributed by atoms with Gasteiger partial charge in [0.1, 0.15) is 6.04 Å². The maximum atomic E-state index is 9.20. The highest BCUT2D eigenvalue weighted by molar-refractivity contribution is 4.94. The Morgan fingerprint density at radius 3 is 2.71 bits per heavy atom. The van der Waals surface area contributed by atoms with Crippen molar-refractivity contribution in [1.29, 1.82) is 5.26 Å². The Morgan fingerprint density at radius 1 is 1.35 bits per heavy atom. The van der Waals surface area contributed by atoms with Crippen LogP contribution in [0.3, 0.4) is 0 Å². The molecule has 98 valence electrons. The molecule has 17 heavy (non-hydrogen) atoms. The van der Waals surface area contributed by atoms with E-state index in [0.29, 0.717) is 12.1 Å². The van der Waals surface area contributed by atoms with Gasteiger partial charge in [-0.15, -0.1) is 0 Å². The monoisotopic (exact) mass is 237 g/mol. The molecule has 1 N–H and O–H groups in total. The fraction of sp³-hybridized carbons (Fsp3) is 0.929. The normalized spacial score (nSPS) is 24.3. The Bertz CT molecular complexity index is 244. The molecule has 1 saturated heterocycles. The average molecular weight is 237 g/mol. The van der Waals surface area contributed by atoms with E-state index in [1.54, 1.807) is 0 Å². The third-order valence-electron chi connectivity index (χ3n) is 3.58. The molecule has 0 saturated carbocycles. The van der Waals surface area contributed by atoms with Crippen LogP contribution in [0.5, 0.6) is 0 Å². The van der Waals surface area contributed by atoms with E-state index in [1.165, 1.54) is 32.1 Å². The van der Waals surface area contributed by atoms with E-state index in [4.69, 9.17) is 0 Å². The van der Waals surface area contributed by atoms with Gasteiger partial charge in [0.15, 0.2) is 0 Å². The molecule has 1 rings (SSSR count). The van der Waals surface area contributed by atoms with E-state index in [2.05, 4.69) is 37.1 Å². The van der Waals surface area contributed by atoms with Crippen molar-refractivity contribution in [1.82, 2.24) is 10.2 Å². The van der Waals surface area contributed by atoms with Crippen molar-refractivity contribution in [3.05, 3.63) is 0 Å². The van der Waals surface area contributed by atoms with Crippen LogP contribution in [-0.4, -0.2) is 36.1 Å². The second kappa shape index (κ2) is 7.68. The first-order valence-electron chi connectivity index (χ1n) is 7.07. The predicted molar refractivity (Wildman–Crippen MR) is 71.8 cm³/mol. The molecule has 0 aromatic heterocycles. The summed E-state index contributed by atoms with van der Waals surface area (Å²) in [5.74, 6) is 0. The summed E-state index contributed by atoms with van der Waals surface area (Å²) in [5, 5.41) is 12.5. The second-order valence-electron chi connectivity index (χ2n) is 5.41. The van der Waals surface area contributed by atoms with E-state index >= 15 is 0 Å². The highest BCUT2D eigenvalue weighted by Crippen LogP contribution is 2.19. The van der Waals surface area contributed by atoms with Crippen LogP contribution < -0.4 is 5.32 Å². The van der Waals surface area contributed by atoms with Crippen molar-refractivity contribution in [3.63, 3.8) is 0 Å². The quantitative estimate of drug-likeness (QED) is 0.798. The second-order valence-corrected chi connectivity index (χ2v) is 5.41. The lowest BCUT2D eigenvalue weighted by Crippen LogP contribution is -2.46. The van der Waals surface area contributed by atoms with Gasteiger partial charge in [0.05, 0.1) is 6.07 Å². The third kappa shape index (κ3) is 5.06. The molecule has 0 aliphatic carbocycles. The molecule has 0 spiro atoms. The smallest absolute Gasteiger partial charge is 0.108 e. The molecule has 0 bridgehead atoms. The van der Waals surface area contributed by atoms with Gasteiger partial charge in [0, 0.05) is 18.6 Å². The summed E-state index contributed by atoms with van der Waals surface area (Å²) in [6, 6.07) is 3.43. The molecule has 1 fully saturated rings. The number of likely N-dealkylation sites (tertiary alicyclic amines) is 1. The topological polar surface area (TPSA) is 39.1 Å². The lowest BCUT2D eigenvalue weighted by Gasteiger charge is -2.31. The minimum atomic E-state index is -0.0258. The summed E-state index contributed by atoms with van der Waals surface area (Å²) in [7, 11) is 0. The van der Waals surface area contributed by atoms with Crippen molar-refractivity contribution >= 4 is 0 Å². The van der Waals surface area contributed by atoms with E-state index in [9.17, 15) is 5.26 Å². The fourth-order valence-electron chi connectivity index (χ4n) is 2.71. The van der Waals surface area contributed by atoms with Crippen LogP contribution in [-0.2, 0) is 0 Å². The summed E-state index contributed by atoms with van der Waals surface area (Å²) in [6.07, 6.45) is 6.50. The van der Waals surface area contributed by atoms with Crippen molar-refractivity contribution < 1.29 is 0 Å². The van der Waals surface area contributed by atoms with E-state index in [0.717, 1.165) is 13.1 Å². The third-order valence-corrected chi connectivity index (χ3v) is 3.58. The number of hydrogen-bond acceptors (Lipinski definition) is 3. The summed E-state index contributed by atoms with van der Waals surface area (Å²) >= 11 is 0. The van der Waals surface area contributed by atoms with E-state index in [1.807, 2.05) is 0 Å². The molecule has 0 amide bonds. The van der Waals surface area contributed by atoms with Crippen molar-refractivity contribution in [2.75, 3.05) is 13.1 Å². The van der Waals surface area contributed by atoms with Gasteiger partial charge in [-0.05, 0) is 39.7 Å². The fourth-order valence-corrected chi connectivity index (χ4v) is 2.71.